The molecule has 0 aromatic heterocycles. The Bertz CT molecular complexity index is 813. The standard InChI is InChI=1S/C22H25FN2O2/c1-17-3-2-4-18(13-17)14-24-11-9-22(10-12-24)16-25(21(26)15-27-22)20-7-5-19(23)6-8-20/h2-8,13H,9-12,14-16H2,1H3. The van der Waals surface area contributed by atoms with E-state index in [1.165, 1.54) is 23.3 Å². The molecule has 2 aromatic carbocycles. The fraction of sp³-hybridized carbons (Fsp3) is 0.409. The van der Waals surface area contributed by atoms with Gasteiger partial charge in [-0.25, -0.2) is 4.39 Å². The molecule has 0 atom stereocenters. The lowest BCUT2D eigenvalue weighted by Crippen LogP contribution is -2.58. The van der Waals surface area contributed by atoms with Crippen LogP contribution in [0.1, 0.15) is 24.0 Å². The predicted molar refractivity (Wildman–Crippen MR) is 103 cm³/mol. The number of rotatable bonds is 3. The van der Waals surface area contributed by atoms with Gasteiger partial charge in [0.2, 0.25) is 0 Å². The Morgan fingerprint density at radius 1 is 1.11 bits per heavy atom. The summed E-state index contributed by atoms with van der Waals surface area (Å²) in [4.78, 5) is 16.5. The van der Waals surface area contributed by atoms with Gasteiger partial charge in [0.05, 0.1) is 12.1 Å². The van der Waals surface area contributed by atoms with Gasteiger partial charge in [-0.1, -0.05) is 29.8 Å². The van der Waals surface area contributed by atoms with E-state index in [0.29, 0.717) is 6.54 Å². The van der Waals surface area contributed by atoms with Crippen molar-refractivity contribution in [3.05, 3.63) is 65.5 Å². The van der Waals surface area contributed by atoms with Gasteiger partial charge in [-0.15, -0.1) is 0 Å². The van der Waals surface area contributed by atoms with Crippen molar-refractivity contribution in [2.75, 3.05) is 31.1 Å². The maximum atomic E-state index is 13.2. The van der Waals surface area contributed by atoms with E-state index in [4.69, 9.17) is 4.74 Å². The number of carbonyl (C=O) groups is 1. The summed E-state index contributed by atoms with van der Waals surface area (Å²) < 4.78 is 19.2. The smallest absolute Gasteiger partial charge is 0.253 e. The molecule has 2 aromatic rings. The molecule has 4 rings (SSSR count). The topological polar surface area (TPSA) is 32.8 Å². The first kappa shape index (κ1) is 18.1. The highest BCUT2D eigenvalue weighted by Gasteiger charge is 2.42. The van der Waals surface area contributed by atoms with Crippen LogP contribution >= 0.6 is 0 Å². The number of benzene rings is 2. The number of likely N-dealkylation sites (tertiary alicyclic amines) is 1. The molecule has 0 unspecified atom stereocenters. The Morgan fingerprint density at radius 3 is 2.56 bits per heavy atom. The first-order valence-corrected chi connectivity index (χ1v) is 9.51. The van der Waals surface area contributed by atoms with E-state index in [1.807, 2.05) is 0 Å². The number of hydrogen-bond donors (Lipinski definition) is 0. The highest BCUT2D eigenvalue weighted by molar-refractivity contribution is 5.95. The van der Waals surface area contributed by atoms with Gasteiger partial charge >= 0.3 is 0 Å². The Kier molecular flexibility index (Phi) is 4.98. The molecule has 2 fully saturated rings. The molecule has 5 heteroatoms. The lowest BCUT2D eigenvalue weighted by atomic mass is 9.88. The van der Waals surface area contributed by atoms with Crippen LogP contribution in [-0.4, -0.2) is 42.6 Å². The maximum absolute atomic E-state index is 13.2. The van der Waals surface area contributed by atoms with Gasteiger partial charge in [-0.05, 0) is 49.6 Å². The number of aryl methyl sites for hydroxylation is 1. The van der Waals surface area contributed by atoms with Crippen molar-refractivity contribution in [2.24, 2.45) is 0 Å². The van der Waals surface area contributed by atoms with Crippen molar-refractivity contribution in [3.8, 4) is 0 Å². The summed E-state index contributed by atoms with van der Waals surface area (Å²) in [5.74, 6) is -0.354. The van der Waals surface area contributed by atoms with E-state index in [0.717, 1.165) is 38.2 Å². The highest BCUT2D eigenvalue weighted by atomic mass is 19.1. The van der Waals surface area contributed by atoms with Crippen molar-refractivity contribution in [1.82, 2.24) is 4.90 Å². The number of halogens is 1. The average molecular weight is 368 g/mol. The summed E-state index contributed by atoms with van der Waals surface area (Å²) in [7, 11) is 0. The lowest BCUT2D eigenvalue weighted by Gasteiger charge is -2.47. The van der Waals surface area contributed by atoms with E-state index in [9.17, 15) is 9.18 Å². The first-order chi connectivity index (χ1) is 13.0. The molecule has 0 N–H and O–H groups in total. The zero-order valence-electron chi connectivity index (χ0n) is 15.7. The summed E-state index contributed by atoms with van der Waals surface area (Å²) in [5, 5.41) is 0. The number of nitrogens with zero attached hydrogens (tertiary/aromatic N) is 2. The molecular formula is C22H25FN2O2. The number of hydrogen-bond acceptors (Lipinski definition) is 3. The van der Waals surface area contributed by atoms with Gasteiger partial charge in [0.25, 0.3) is 5.91 Å². The summed E-state index contributed by atoms with van der Waals surface area (Å²) in [6.07, 6.45) is 1.79. The van der Waals surface area contributed by atoms with Gasteiger partial charge in [0.1, 0.15) is 12.4 Å². The maximum Gasteiger partial charge on any atom is 0.253 e. The molecule has 2 saturated heterocycles. The molecule has 27 heavy (non-hydrogen) atoms. The van der Waals surface area contributed by atoms with Crippen LogP contribution in [-0.2, 0) is 16.1 Å². The van der Waals surface area contributed by atoms with Gasteiger partial charge in [-0.3, -0.25) is 9.69 Å². The Balaban J connectivity index is 1.41. The highest BCUT2D eigenvalue weighted by Crippen LogP contribution is 2.33. The fourth-order valence-corrected chi connectivity index (χ4v) is 4.06. The number of anilines is 1. The minimum absolute atomic E-state index is 0.0607. The molecule has 2 aliphatic heterocycles. The zero-order chi connectivity index (χ0) is 18.9. The minimum Gasteiger partial charge on any atom is -0.363 e. The number of piperidine rings is 1. The normalized spacial score (nSPS) is 20.2. The molecule has 1 amide bonds. The molecule has 0 aliphatic carbocycles. The third-order valence-electron chi connectivity index (χ3n) is 5.64. The lowest BCUT2D eigenvalue weighted by molar-refractivity contribution is -0.144. The summed E-state index contributed by atoms with van der Waals surface area (Å²) >= 11 is 0. The Morgan fingerprint density at radius 2 is 1.85 bits per heavy atom. The van der Waals surface area contributed by atoms with E-state index in [1.54, 1.807) is 17.0 Å². The van der Waals surface area contributed by atoms with Crippen LogP contribution in [0.3, 0.4) is 0 Å². The van der Waals surface area contributed by atoms with Crippen molar-refractivity contribution in [2.45, 2.75) is 31.9 Å². The predicted octanol–water partition coefficient (Wildman–Crippen LogP) is 3.53. The summed E-state index contributed by atoms with van der Waals surface area (Å²) in [6, 6.07) is 14.8. The molecule has 1 spiro atoms. The average Bonchev–Trinajstić information content (AvgIpc) is 2.67. The molecular weight excluding hydrogens is 343 g/mol. The van der Waals surface area contributed by atoms with Crippen LogP contribution in [0.4, 0.5) is 10.1 Å². The van der Waals surface area contributed by atoms with Crippen molar-refractivity contribution >= 4 is 11.6 Å². The van der Waals surface area contributed by atoms with Crippen LogP contribution in [0, 0.1) is 12.7 Å². The summed E-state index contributed by atoms with van der Waals surface area (Å²) in [5.41, 5.74) is 3.06. The van der Waals surface area contributed by atoms with Gasteiger partial charge < -0.3 is 9.64 Å². The number of amides is 1. The van der Waals surface area contributed by atoms with E-state index in [-0.39, 0.29) is 23.9 Å². The van der Waals surface area contributed by atoms with E-state index >= 15 is 0 Å². The van der Waals surface area contributed by atoms with Crippen LogP contribution in [0.5, 0.6) is 0 Å². The number of morpholine rings is 1. The summed E-state index contributed by atoms with van der Waals surface area (Å²) in [6.45, 7) is 5.58. The van der Waals surface area contributed by atoms with E-state index < -0.39 is 0 Å². The van der Waals surface area contributed by atoms with Gasteiger partial charge in [0.15, 0.2) is 0 Å². The van der Waals surface area contributed by atoms with E-state index in [2.05, 4.69) is 36.1 Å². The fourth-order valence-electron chi connectivity index (χ4n) is 4.06. The molecule has 4 nitrogen and oxygen atoms in total. The Hall–Kier alpha value is -2.24. The molecule has 2 aliphatic rings. The van der Waals surface area contributed by atoms with Gasteiger partial charge in [0, 0.05) is 25.3 Å². The molecule has 142 valence electrons. The quantitative estimate of drug-likeness (QED) is 0.831. The monoisotopic (exact) mass is 368 g/mol. The SMILES string of the molecule is Cc1cccc(CN2CCC3(CC2)CN(c2ccc(F)cc2)C(=O)CO3)c1. The number of carbonyl (C=O) groups excluding carboxylic acids is 1. The Labute approximate surface area is 159 Å². The largest absolute Gasteiger partial charge is 0.363 e. The van der Waals surface area contributed by atoms with Gasteiger partial charge in [-0.2, -0.15) is 0 Å². The minimum atomic E-state index is -0.300. The van der Waals surface area contributed by atoms with Crippen molar-refractivity contribution in [3.63, 3.8) is 0 Å². The third-order valence-corrected chi connectivity index (χ3v) is 5.64. The zero-order valence-corrected chi connectivity index (χ0v) is 15.7. The number of ether oxygens (including phenoxy) is 1. The second kappa shape index (κ2) is 7.41. The second-order valence-electron chi connectivity index (χ2n) is 7.69. The van der Waals surface area contributed by atoms with Crippen LogP contribution in [0.2, 0.25) is 0 Å². The molecule has 2 heterocycles. The molecule has 0 bridgehead atoms. The van der Waals surface area contributed by atoms with Crippen LogP contribution in [0.15, 0.2) is 48.5 Å². The second-order valence-corrected chi connectivity index (χ2v) is 7.69. The first-order valence-electron chi connectivity index (χ1n) is 9.51. The van der Waals surface area contributed by atoms with Crippen LogP contribution < -0.4 is 4.90 Å². The molecule has 0 saturated carbocycles. The van der Waals surface area contributed by atoms with Crippen molar-refractivity contribution in [1.29, 1.82) is 0 Å². The third kappa shape index (κ3) is 4.04. The molecule has 0 radical (unpaired) electrons. The van der Waals surface area contributed by atoms with Crippen molar-refractivity contribution < 1.29 is 13.9 Å². The van der Waals surface area contributed by atoms with Crippen LogP contribution in [0.25, 0.3) is 0 Å².